The van der Waals surface area contributed by atoms with Gasteiger partial charge in [-0.25, -0.2) is 0 Å². The summed E-state index contributed by atoms with van der Waals surface area (Å²) < 4.78 is 3.76. The van der Waals surface area contributed by atoms with Gasteiger partial charge in [0.2, 0.25) is 5.28 Å². The van der Waals surface area contributed by atoms with Crippen LogP contribution >= 0.6 is 11.6 Å². The van der Waals surface area contributed by atoms with Crippen molar-refractivity contribution < 1.29 is 0 Å². The lowest BCUT2D eigenvalue weighted by Gasteiger charge is -2.08. The van der Waals surface area contributed by atoms with Gasteiger partial charge in [-0.15, -0.1) is 10.2 Å². The zero-order valence-corrected chi connectivity index (χ0v) is 11.5. The molecule has 1 aliphatic carbocycles. The van der Waals surface area contributed by atoms with Gasteiger partial charge in [0.1, 0.15) is 5.82 Å². The van der Waals surface area contributed by atoms with E-state index in [-0.39, 0.29) is 0 Å². The summed E-state index contributed by atoms with van der Waals surface area (Å²) >= 11 is 6.19. The second-order valence-electron chi connectivity index (χ2n) is 5.16. The molecule has 18 heavy (non-hydrogen) atoms. The van der Waals surface area contributed by atoms with Crippen LogP contribution < -0.4 is 0 Å². The molecule has 6 heteroatoms. The average Bonchev–Trinajstić information content (AvgIpc) is 2.97. The van der Waals surface area contributed by atoms with Crippen LogP contribution in [0.2, 0.25) is 5.28 Å². The quantitative estimate of drug-likeness (QED) is 0.857. The first kappa shape index (κ1) is 11.7. The van der Waals surface area contributed by atoms with E-state index in [1.165, 1.54) is 12.8 Å². The summed E-state index contributed by atoms with van der Waals surface area (Å²) in [6.07, 6.45) is 4.33. The van der Waals surface area contributed by atoms with Crippen LogP contribution in [0.25, 0.3) is 5.69 Å². The molecule has 1 aliphatic rings. The molecule has 1 fully saturated rings. The van der Waals surface area contributed by atoms with Gasteiger partial charge in [0, 0.05) is 19.2 Å². The molecule has 0 spiro atoms. The van der Waals surface area contributed by atoms with Crippen LogP contribution in [0.4, 0.5) is 0 Å². The molecule has 0 saturated heterocycles. The minimum Gasteiger partial charge on any atom is -0.273 e. The number of rotatable bonds is 3. The van der Waals surface area contributed by atoms with E-state index < -0.39 is 0 Å². The van der Waals surface area contributed by atoms with E-state index in [1.54, 1.807) is 0 Å². The predicted molar refractivity (Wildman–Crippen MR) is 69.2 cm³/mol. The molecule has 0 radical (unpaired) electrons. The molecule has 0 aromatic carbocycles. The number of hydrogen-bond acceptors (Lipinski definition) is 3. The van der Waals surface area contributed by atoms with Gasteiger partial charge < -0.3 is 0 Å². The third-order valence-electron chi connectivity index (χ3n) is 3.22. The monoisotopic (exact) mass is 265 g/mol. The molecule has 0 aliphatic heterocycles. The molecule has 0 N–H and O–H groups in total. The Morgan fingerprint density at radius 3 is 2.67 bits per heavy atom. The summed E-state index contributed by atoms with van der Waals surface area (Å²) in [6, 6.07) is 0. The van der Waals surface area contributed by atoms with Crippen LogP contribution in [0, 0.1) is 0 Å². The molecular formula is C12H16ClN5. The number of halogens is 1. The lowest BCUT2D eigenvalue weighted by Crippen LogP contribution is -2.03. The highest BCUT2D eigenvalue weighted by atomic mass is 35.5. The maximum atomic E-state index is 6.19. The fourth-order valence-electron chi connectivity index (χ4n) is 2.18. The zero-order chi connectivity index (χ0) is 12.9. The minimum absolute atomic E-state index is 0.340. The zero-order valence-electron chi connectivity index (χ0n) is 10.8. The second kappa shape index (κ2) is 4.09. The summed E-state index contributed by atoms with van der Waals surface area (Å²) in [4.78, 5) is 0. The Bertz CT molecular complexity index is 579. The molecular weight excluding hydrogens is 250 g/mol. The van der Waals surface area contributed by atoms with Crippen molar-refractivity contribution in [2.24, 2.45) is 7.05 Å². The van der Waals surface area contributed by atoms with Crippen LogP contribution in [-0.2, 0) is 7.05 Å². The molecule has 5 nitrogen and oxygen atoms in total. The van der Waals surface area contributed by atoms with Crippen molar-refractivity contribution in [2.45, 2.75) is 38.5 Å². The Balaban J connectivity index is 2.17. The third-order valence-corrected chi connectivity index (χ3v) is 3.46. The standard InChI is InChI=1S/C12H16ClN5/c1-7(2)10-9(6-17(3)16-10)18-11(8-4-5-8)14-15-12(18)13/h6-8H,4-5H2,1-3H3. The Kier molecular flexibility index (Phi) is 2.66. The van der Waals surface area contributed by atoms with Gasteiger partial charge >= 0.3 is 0 Å². The SMILES string of the molecule is CC(C)c1nn(C)cc1-n1c(Cl)nnc1C1CC1. The van der Waals surface area contributed by atoms with Crippen LogP contribution in [0.15, 0.2) is 6.20 Å². The molecule has 0 unspecified atom stereocenters. The summed E-state index contributed by atoms with van der Waals surface area (Å²) in [6.45, 7) is 4.25. The lowest BCUT2D eigenvalue weighted by atomic mass is 10.1. The third kappa shape index (κ3) is 1.82. The van der Waals surface area contributed by atoms with E-state index in [4.69, 9.17) is 11.6 Å². The maximum absolute atomic E-state index is 6.19. The Hall–Kier alpha value is -1.36. The summed E-state index contributed by atoms with van der Waals surface area (Å²) in [5.41, 5.74) is 2.03. The molecule has 1 saturated carbocycles. The van der Waals surface area contributed by atoms with Crippen LogP contribution in [0.1, 0.15) is 50.0 Å². The first-order valence-corrected chi connectivity index (χ1v) is 6.60. The van der Waals surface area contributed by atoms with E-state index in [2.05, 4.69) is 29.1 Å². The summed E-state index contributed by atoms with van der Waals surface area (Å²) in [5.74, 6) is 1.81. The number of nitrogens with zero attached hydrogens (tertiary/aromatic N) is 5. The largest absolute Gasteiger partial charge is 0.273 e. The maximum Gasteiger partial charge on any atom is 0.229 e. The van der Waals surface area contributed by atoms with Crippen LogP contribution in [0.3, 0.4) is 0 Å². The molecule has 2 aromatic rings. The molecule has 0 amide bonds. The van der Waals surface area contributed by atoms with Crippen LogP contribution in [-0.4, -0.2) is 24.5 Å². The highest BCUT2D eigenvalue weighted by molar-refractivity contribution is 6.28. The fraction of sp³-hybridized carbons (Fsp3) is 0.583. The van der Waals surface area contributed by atoms with Crippen molar-refractivity contribution in [3.8, 4) is 5.69 Å². The highest BCUT2D eigenvalue weighted by Crippen LogP contribution is 2.41. The van der Waals surface area contributed by atoms with Gasteiger partial charge in [-0.1, -0.05) is 13.8 Å². The van der Waals surface area contributed by atoms with Crippen molar-refractivity contribution in [2.75, 3.05) is 0 Å². The lowest BCUT2D eigenvalue weighted by molar-refractivity contribution is 0.711. The van der Waals surface area contributed by atoms with Gasteiger partial charge in [0.15, 0.2) is 0 Å². The normalized spacial score (nSPS) is 15.6. The number of aromatic nitrogens is 5. The van der Waals surface area contributed by atoms with E-state index >= 15 is 0 Å². The molecule has 2 aromatic heterocycles. The van der Waals surface area contributed by atoms with Crippen LogP contribution in [0.5, 0.6) is 0 Å². The van der Waals surface area contributed by atoms with Crippen molar-refractivity contribution >= 4 is 11.6 Å². The molecule has 0 bridgehead atoms. The van der Waals surface area contributed by atoms with Gasteiger partial charge in [0.05, 0.1) is 11.4 Å². The van der Waals surface area contributed by atoms with E-state index in [1.807, 2.05) is 22.5 Å². The Labute approximate surface area is 111 Å². The summed E-state index contributed by atoms with van der Waals surface area (Å²) in [5, 5.41) is 13.1. The molecule has 2 heterocycles. The van der Waals surface area contributed by atoms with E-state index in [9.17, 15) is 0 Å². The topological polar surface area (TPSA) is 48.5 Å². The number of aryl methyl sites for hydroxylation is 1. The number of hydrogen-bond donors (Lipinski definition) is 0. The average molecular weight is 266 g/mol. The molecule has 0 atom stereocenters. The van der Waals surface area contributed by atoms with E-state index in [0.717, 1.165) is 17.2 Å². The minimum atomic E-state index is 0.340. The van der Waals surface area contributed by atoms with E-state index in [0.29, 0.717) is 17.1 Å². The van der Waals surface area contributed by atoms with Crippen molar-refractivity contribution in [1.82, 2.24) is 24.5 Å². The first-order valence-electron chi connectivity index (χ1n) is 6.22. The van der Waals surface area contributed by atoms with Gasteiger partial charge in [-0.3, -0.25) is 9.25 Å². The second-order valence-corrected chi connectivity index (χ2v) is 5.50. The Morgan fingerprint density at radius 1 is 1.33 bits per heavy atom. The van der Waals surface area contributed by atoms with Crippen molar-refractivity contribution in [3.63, 3.8) is 0 Å². The Morgan fingerprint density at radius 2 is 2.06 bits per heavy atom. The van der Waals surface area contributed by atoms with Crippen molar-refractivity contribution in [3.05, 3.63) is 23.0 Å². The predicted octanol–water partition coefficient (Wildman–Crippen LogP) is 2.66. The highest BCUT2D eigenvalue weighted by Gasteiger charge is 2.32. The smallest absolute Gasteiger partial charge is 0.229 e. The van der Waals surface area contributed by atoms with Gasteiger partial charge in [-0.2, -0.15) is 5.10 Å². The van der Waals surface area contributed by atoms with Gasteiger partial charge in [-0.05, 0) is 30.4 Å². The first-order chi connectivity index (χ1) is 8.58. The molecule has 96 valence electrons. The molecule has 3 rings (SSSR count). The summed E-state index contributed by atoms with van der Waals surface area (Å²) in [7, 11) is 1.92. The van der Waals surface area contributed by atoms with Crippen molar-refractivity contribution in [1.29, 1.82) is 0 Å². The van der Waals surface area contributed by atoms with Gasteiger partial charge in [0.25, 0.3) is 0 Å². The fourth-order valence-corrected chi connectivity index (χ4v) is 2.40.